The number of hydrogen-bond acceptors (Lipinski definition) is 5. The predicted molar refractivity (Wildman–Crippen MR) is 106 cm³/mol. The van der Waals surface area contributed by atoms with Crippen LogP contribution in [-0.4, -0.2) is 62.8 Å². The highest BCUT2D eigenvalue weighted by atomic mass is 16.4. The molecule has 2 aliphatic rings. The van der Waals surface area contributed by atoms with Crippen LogP contribution in [0.2, 0.25) is 0 Å². The average Bonchev–Trinajstić information content (AvgIpc) is 2.89. The molecule has 5 amide bonds. The van der Waals surface area contributed by atoms with Gasteiger partial charge in [0.25, 0.3) is 11.8 Å². The second-order valence-electron chi connectivity index (χ2n) is 8.50. The number of hydrogen-bond donors (Lipinski definition) is 2. The first kappa shape index (κ1) is 21.5. The van der Waals surface area contributed by atoms with Crippen molar-refractivity contribution in [3.05, 3.63) is 34.9 Å². The summed E-state index contributed by atoms with van der Waals surface area (Å²) in [6, 6.07) is 3.95. The Morgan fingerprint density at radius 3 is 2.50 bits per heavy atom. The zero-order valence-electron chi connectivity index (χ0n) is 17.2. The Labute approximate surface area is 174 Å². The maximum atomic E-state index is 13.1. The Hall–Kier alpha value is -3.23. The highest BCUT2D eigenvalue weighted by molar-refractivity contribution is 6.24. The van der Waals surface area contributed by atoms with Crippen molar-refractivity contribution in [2.24, 2.45) is 0 Å². The summed E-state index contributed by atoms with van der Waals surface area (Å²) >= 11 is 0. The minimum absolute atomic E-state index is 0.0640. The summed E-state index contributed by atoms with van der Waals surface area (Å²) in [4.78, 5) is 63.2. The third kappa shape index (κ3) is 3.92. The van der Waals surface area contributed by atoms with E-state index in [1.807, 2.05) is 0 Å². The Morgan fingerprint density at radius 2 is 1.90 bits per heavy atom. The van der Waals surface area contributed by atoms with Crippen LogP contribution in [0.5, 0.6) is 0 Å². The predicted octanol–water partition coefficient (Wildman–Crippen LogP) is 1.80. The molecule has 0 saturated carbocycles. The monoisotopic (exact) mass is 415 g/mol. The van der Waals surface area contributed by atoms with Crippen molar-refractivity contribution in [1.82, 2.24) is 15.1 Å². The Bertz CT molecular complexity index is 933. The van der Waals surface area contributed by atoms with E-state index in [9.17, 15) is 29.1 Å². The topological polar surface area (TPSA) is 124 Å². The number of carbonyl (C=O) groups excluding carboxylic acids is 4. The molecule has 2 aliphatic heterocycles. The van der Waals surface area contributed by atoms with E-state index in [1.165, 1.54) is 4.90 Å². The normalized spacial score (nSPS) is 19.0. The maximum absolute atomic E-state index is 13.1. The third-order valence-corrected chi connectivity index (χ3v) is 5.42. The van der Waals surface area contributed by atoms with Gasteiger partial charge >= 0.3 is 6.09 Å². The Morgan fingerprint density at radius 1 is 1.20 bits per heavy atom. The fraction of sp³-hybridized carbons (Fsp3) is 0.476. The van der Waals surface area contributed by atoms with E-state index in [-0.39, 0.29) is 30.5 Å². The molecule has 1 atom stereocenters. The van der Waals surface area contributed by atoms with Gasteiger partial charge in [-0.25, -0.2) is 4.79 Å². The summed E-state index contributed by atoms with van der Waals surface area (Å²) in [7, 11) is 0. The lowest BCUT2D eigenvalue weighted by atomic mass is 9.98. The van der Waals surface area contributed by atoms with Crippen LogP contribution in [0, 0.1) is 0 Å². The average molecular weight is 415 g/mol. The van der Waals surface area contributed by atoms with Gasteiger partial charge in [0, 0.05) is 18.5 Å². The molecule has 0 bridgehead atoms. The number of rotatable bonds is 5. The van der Waals surface area contributed by atoms with Gasteiger partial charge in [-0.15, -0.1) is 0 Å². The zero-order valence-corrected chi connectivity index (χ0v) is 17.2. The molecule has 0 aliphatic carbocycles. The number of carboxylic acid groups (broad SMARTS) is 1. The quantitative estimate of drug-likeness (QED) is 0.707. The number of fused-ring (bicyclic) bond motifs is 1. The molecule has 2 heterocycles. The van der Waals surface area contributed by atoms with Crippen molar-refractivity contribution in [1.29, 1.82) is 0 Å². The molecule has 1 saturated heterocycles. The van der Waals surface area contributed by atoms with Crippen LogP contribution < -0.4 is 5.32 Å². The molecule has 0 aromatic heterocycles. The van der Waals surface area contributed by atoms with Gasteiger partial charge < -0.3 is 10.0 Å². The highest BCUT2D eigenvalue weighted by Gasteiger charge is 2.45. The van der Waals surface area contributed by atoms with Crippen LogP contribution in [0.4, 0.5) is 4.79 Å². The van der Waals surface area contributed by atoms with E-state index >= 15 is 0 Å². The first-order chi connectivity index (χ1) is 14.0. The molecule has 0 spiro atoms. The molecule has 1 aromatic rings. The molecular weight excluding hydrogens is 390 g/mol. The molecule has 1 fully saturated rings. The van der Waals surface area contributed by atoms with Crippen molar-refractivity contribution in [3.8, 4) is 0 Å². The maximum Gasteiger partial charge on any atom is 0.407 e. The first-order valence-corrected chi connectivity index (χ1v) is 9.86. The number of piperidine rings is 1. The standard InChI is InChI=1S/C21H25N3O6/c1-21(2,3)23(20(29)30)11-5-7-12-6-4-8-13-16(12)19(28)24(18(13)27)14-9-10-15(25)22-17(14)26/h4,6,8,14H,5,7,9-11H2,1-3H3,(H,29,30)(H,22,25,26). The fourth-order valence-corrected chi connectivity index (χ4v) is 3.94. The molecule has 9 nitrogen and oxygen atoms in total. The van der Waals surface area contributed by atoms with Crippen molar-refractivity contribution >= 4 is 29.7 Å². The van der Waals surface area contributed by atoms with Gasteiger partial charge in [-0.2, -0.15) is 0 Å². The molecule has 3 rings (SSSR count). The summed E-state index contributed by atoms with van der Waals surface area (Å²) in [5.74, 6) is -2.17. The van der Waals surface area contributed by atoms with Crippen LogP contribution in [0.1, 0.15) is 66.3 Å². The molecular formula is C21H25N3O6. The number of imide groups is 2. The smallest absolute Gasteiger partial charge is 0.407 e. The number of nitrogens with zero attached hydrogens (tertiary/aromatic N) is 2. The van der Waals surface area contributed by atoms with Gasteiger partial charge in [0.15, 0.2) is 0 Å². The zero-order chi connectivity index (χ0) is 22.2. The van der Waals surface area contributed by atoms with E-state index in [2.05, 4.69) is 5.32 Å². The summed E-state index contributed by atoms with van der Waals surface area (Å²) in [5.41, 5.74) is 0.566. The van der Waals surface area contributed by atoms with Crippen LogP contribution in [-0.2, 0) is 16.0 Å². The largest absolute Gasteiger partial charge is 0.465 e. The lowest BCUT2D eigenvalue weighted by Crippen LogP contribution is -2.54. The molecule has 1 aromatic carbocycles. The SMILES string of the molecule is CC(C)(C)N(CCCc1cccc2c1C(=O)N(C1CCC(=O)NC1=O)C2=O)C(=O)O. The number of benzene rings is 1. The first-order valence-electron chi connectivity index (χ1n) is 9.86. The van der Waals surface area contributed by atoms with Gasteiger partial charge in [-0.05, 0) is 51.7 Å². The van der Waals surface area contributed by atoms with Crippen LogP contribution in [0.3, 0.4) is 0 Å². The highest BCUT2D eigenvalue weighted by Crippen LogP contribution is 2.30. The van der Waals surface area contributed by atoms with Crippen LogP contribution in [0.25, 0.3) is 0 Å². The summed E-state index contributed by atoms with van der Waals surface area (Å²) in [5, 5.41) is 11.6. The van der Waals surface area contributed by atoms with E-state index in [0.29, 0.717) is 18.4 Å². The van der Waals surface area contributed by atoms with E-state index in [4.69, 9.17) is 0 Å². The van der Waals surface area contributed by atoms with Crippen molar-refractivity contribution in [3.63, 3.8) is 0 Å². The van der Waals surface area contributed by atoms with Crippen molar-refractivity contribution in [2.45, 2.75) is 58.0 Å². The van der Waals surface area contributed by atoms with Gasteiger partial charge in [0.05, 0.1) is 11.1 Å². The van der Waals surface area contributed by atoms with Gasteiger partial charge in [0.1, 0.15) is 6.04 Å². The molecule has 2 N–H and O–H groups in total. The van der Waals surface area contributed by atoms with E-state index in [0.717, 1.165) is 4.90 Å². The number of amides is 5. The van der Waals surface area contributed by atoms with Crippen LogP contribution in [0.15, 0.2) is 18.2 Å². The minimum Gasteiger partial charge on any atom is -0.465 e. The van der Waals surface area contributed by atoms with Gasteiger partial charge in [0.2, 0.25) is 11.8 Å². The number of nitrogens with one attached hydrogen (secondary N) is 1. The lowest BCUT2D eigenvalue weighted by Gasteiger charge is -2.33. The van der Waals surface area contributed by atoms with Crippen molar-refractivity contribution < 1.29 is 29.1 Å². The van der Waals surface area contributed by atoms with Gasteiger partial charge in [-0.1, -0.05) is 12.1 Å². The summed E-state index contributed by atoms with van der Waals surface area (Å²) in [6.07, 6.45) is 0.0284. The second-order valence-corrected chi connectivity index (χ2v) is 8.50. The molecule has 1 unspecified atom stereocenters. The second kappa shape index (κ2) is 7.89. The van der Waals surface area contributed by atoms with Crippen molar-refractivity contribution in [2.75, 3.05) is 6.54 Å². The minimum atomic E-state index is -1.02. The Balaban J connectivity index is 1.79. The van der Waals surface area contributed by atoms with Gasteiger partial charge in [-0.3, -0.25) is 29.4 Å². The molecule has 160 valence electrons. The van der Waals surface area contributed by atoms with E-state index < -0.39 is 41.3 Å². The number of carbonyl (C=O) groups is 5. The molecule has 30 heavy (non-hydrogen) atoms. The molecule has 9 heteroatoms. The van der Waals surface area contributed by atoms with E-state index in [1.54, 1.807) is 39.0 Å². The fourth-order valence-electron chi connectivity index (χ4n) is 3.94. The summed E-state index contributed by atoms with van der Waals surface area (Å²) < 4.78 is 0. The number of aryl methyl sites for hydroxylation is 1. The molecule has 0 radical (unpaired) electrons. The lowest BCUT2D eigenvalue weighted by molar-refractivity contribution is -0.136. The van der Waals surface area contributed by atoms with Crippen LogP contribution >= 0.6 is 0 Å². The third-order valence-electron chi connectivity index (χ3n) is 5.42. The summed E-state index contributed by atoms with van der Waals surface area (Å²) in [6.45, 7) is 5.70. The Kier molecular flexibility index (Phi) is 5.65.